The van der Waals surface area contributed by atoms with E-state index in [1.165, 1.54) is 32.1 Å². The molecule has 1 N–H and O–H groups in total. The molecule has 0 fully saturated rings. The molecular formula is C19H18ClN3O4. The fourth-order valence-corrected chi connectivity index (χ4v) is 2.62. The lowest BCUT2D eigenvalue weighted by Crippen LogP contribution is -2.36. The summed E-state index contributed by atoms with van der Waals surface area (Å²) in [6, 6.07) is 11.5. The molecule has 0 aromatic heterocycles. The van der Waals surface area contributed by atoms with Crippen molar-refractivity contribution >= 4 is 34.8 Å². The van der Waals surface area contributed by atoms with Crippen molar-refractivity contribution < 1.29 is 19.1 Å². The Morgan fingerprint density at radius 3 is 2.30 bits per heavy atom. The second kappa shape index (κ2) is 8.92. The first-order valence-electron chi connectivity index (χ1n) is 7.89. The monoisotopic (exact) mass is 387 g/mol. The Labute approximate surface area is 162 Å². The Morgan fingerprint density at radius 1 is 1.15 bits per heavy atom. The molecule has 2 rings (SSSR count). The molecule has 0 aliphatic rings. The van der Waals surface area contributed by atoms with E-state index in [-0.39, 0.29) is 12.5 Å². The zero-order valence-corrected chi connectivity index (χ0v) is 15.8. The molecule has 2 aromatic rings. The number of nitrogens with one attached hydrogen (secondary N) is 1. The third kappa shape index (κ3) is 4.90. The van der Waals surface area contributed by atoms with Crippen LogP contribution in [0.15, 0.2) is 36.4 Å². The van der Waals surface area contributed by atoms with Crippen LogP contribution >= 0.6 is 11.6 Å². The molecule has 7 nitrogen and oxygen atoms in total. The van der Waals surface area contributed by atoms with Crippen LogP contribution in [0.3, 0.4) is 0 Å². The minimum Gasteiger partial charge on any atom is -0.495 e. The molecule has 140 valence electrons. The van der Waals surface area contributed by atoms with Gasteiger partial charge in [0.25, 0.3) is 0 Å². The van der Waals surface area contributed by atoms with E-state index in [0.717, 1.165) is 0 Å². The summed E-state index contributed by atoms with van der Waals surface area (Å²) in [5, 5.41) is 11.9. The largest absolute Gasteiger partial charge is 0.495 e. The van der Waals surface area contributed by atoms with Crippen LogP contribution in [0.2, 0.25) is 5.02 Å². The Morgan fingerprint density at radius 2 is 1.78 bits per heavy atom. The molecule has 0 spiro atoms. The number of nitrogens with zero attached hydrogens (tertiary/aromatic N) is 2. The topological polar surface area (TPSA) is 91.7 Å². The summed E-state index contributed by atoms with van der Waals surface area (Å²) in [7, 11) is 2.91. The van der Waals surface area contributed by atoms with Crippen molar-refractivity contribution in [3.8, 4) is 17.6 Å². The molecule has 2 amide bonds. The lowest BCUT2D eigenvalue weighted by Gasteiger charge is -2.21. The molecule has 0 aliphatic heterocycles. The van der Waals surface area contributed by atoms with Gasteiger partial charge in [0.2, 0.25) is 11.8 Å². The second-order valence-electron chi connectivity index (χ2n) is 5.50. The van der Waals surface area contributed by atoms with Crippen molar-refractivity contribution in [3.05, 3.63) is 47.0 Å². The van der Waals surface area contributed by atoms with Gasteiger partial charge in [-0.2, -0.15) is 5.26 Å². The highest BCUT2D eigenvalue weighted by atomic mass is 35.5. The summed E-state index contributed by atoms with van der Waals surface area (Å²) < 4.78 is 10.4. The van der Waals surface area contributed by atoms with Gasteiger partial charge in [-0.3, -0.25) is 9.59 Å². The van der Waals surface area contributed by atoms with E-state index in [4.69, 9.17) is 26.3 Å². The van der Waals surface area contributed by atoms with Gasteiger partial charge in [0, 0.05) is 24.7 Å². The molecule has 0 saturated carbocycles. The first-order valence-corrected chi connectivity index (χ1v) is 8.27. The number of rotatable bonds is 6. The van der Waals surface area contributed by atoms with Crippen LogP contribution in [0.4, 0.5) is 11.4 Å². The van der Waals surface area contributed by atoms with Crippen molar-refractivity contribution in [3.63, 3.8) is 0 Å². The average molecular weight is 388 g/mol. The van der Waals surface area contributed by atoms with Crippen LogP contribution in [-0.2, 0) is 9.59 Å². The first-order chi connectivity index (χ1) is 12.9. The van der Waals surface area contributed by atoms with Gasteiger partial charge in [0.05, 0.1) is 36.6 Å². The van der Waals surface area contributed by atoms with Crippen molar-refractivity contribution in [1.82, 2.24) is 0 Å². The van der Waals surface area contributed by atoms with Gasteiger partial charge in [0.1, 0.15) is 18.0 Å². The van der Waals surface area contributed by atoms with Crippen molar-refractivity contribution in [2.75, 3.05) is 31.0 Å². The lowest BCUT2D eigenvalue weighted by atomic mass is 10.2. The highest BCUT2D eigenvalue weighted by molar-refractivity contribution is 6.32. The standard InChI is InChI=1S/C19H18ClN3O4/c1-12(24)23(14-6-4-13(10-21)5-7-14)11-19(25)22-16-9-17(26-2)15(20)8-18(16)27-3/h4-9H,11H2,1-3H3,(H,22,25). The number of anilines is 2. The van der Waals surface area contributed by atoms with E-state index in [2.05, 4.69) is 5.32 Å². The number of carbonyl (C=O) groups excluding carboxylic acids is 2. The van der Waals surface area contributed by atoms with Gasteiger partial charge in [-0.15, -0.1) is 0 Å². The summed E-state index contributed by atoms with van der Waals surface area (Å²) >= 11 is 6.05. The number of methoxy groups -OCH3 is 2. The maximum absolute atomic E-state index is 12.5. The minimum atomic E-state index is -0.433. The van der Waals surface area contributed by atoms with E-state index in [1.54, 1.807) is 30.3 Å². The molecule has 8 heteroatoms. The normalized spacial score (nSPS) is 9.89. The predicted octanol–water partition coefficient (Wildman–Crippen LogP) is 3.22. The molecule has 0 radical (unpaired) electrons. The number of ether oxygens (including phenoxy) is 2. The van der Waals surface area contributed by atoms with Crippen molar-refractivity contribution in [2.24, 2.45) is 0 Å². The second-order valence-corrected chi connectivity index (χ2v) is 5.91. The van der Waals surface area contributed by atoms with E-state index in [9.17, 15) is 9.59 Å². The SMILES string of the molecule is COc1cc(NC(=O)CN(C(C)=O)c2ccc(C#N)cc2)c(OC)cc1Cl. The molecular weight excluding hydrogens is 370 g/mol. The van der Waals surface area contributed by atoms with Gasteiger partial charge in [-0.25, -0.2) is 0 Å². The molecule has 2 aromatic carbocycles. The minimum absolute atomic E-state index is 0.213. The zero-order chi connectivity index (χ0) is 20.0. The Balaban J connectivity index is 2.21. The van der Waals surface area contributed by atoms with Crippen LogP contribution in [0.5, 0.6) is 11.5 Å². The van der Waals surface area contributed by atoms with Gasteiger partial charge >= 0.3 is 0 Å². The number of amides is 2. The fraction of sp³-hybridized carbons (Fsp3) is 0.211. The summed E-state index contributed by atoms with van der Waals surface area (Å²) in [5.41, 5.74) is 1.34. The number of nitriles is 1. The Kier molecular flexibility index (Phi) is 6.63. The van der Waals surface area contributed by atoms with E-state index in [0.29, 0.717) is 33.5 Å². The average Bonchev–Trinajstić information content (AvgIpc) is 2.67. The molecule has 0 saturated heterocycles. The Hall–Kier alpha value is -3.24. The summed E-state index contributed by atoms with van der Waals surface area (Å²) in [6.07, 6.45) is 0. The van der Waals surface area contributed by atoms with E-state index >= 15 is 0 Å². The molecule has 27 heavy (non-hydrogen) atoms. The number of hydrogen-bond acceptors (Lipinski definition) is 5. The van der Waals surface area contributed by atoms with Gasteiger partial charge in [-0.1, -0.05) is 11.6 Å². The zero-order valence-electron chi connectivity index (χ0n) is 15.1. The Bertz CT molecular complexity index is 891. The van der Waals surface area contributed by atoms with Crippen LogP contribution in [0.25, 0.3) is 0 Å². The predicted molar refractivity (Wildman–Crippen MR) is 102 cm³/mol. The van der Waals surface area contributed by atoms with Crippen molar-refractivity contribution in [2.45, 2.75) is 6.92 Å². The molecule has 0 unspecified atom stereocenters. The van der Waals surface area contributed by atoms with Crippen LogP contribution in [0, 0.1) is 11.3 Å². The van der Waals surface area contributed by atoms with Gasteiger partial charge in [-0.05, 0) is 24.3 Å². The van der Waals surface area contributed by atoms with E-state index < -0.39 is 5.91 Å². The molecule has 0 bridgehead atoms. The number of carbonyl (C=O) groups is 2. The van der Waals surface area contributed by atoms with Crippen LogP contribution in [-0.4, -0.2) is 32.6 Å². The van der Waals surface area contributed by atoms with Gasteiger partial charge < -0.3 is 19.7 Å². The third-order valence-electron chi connectivity index (χ3n) is 3.74. The highest BCUT2D eigenvalue weighted by Crippen LogP contribution is 2.35. The fourth-order valence-electron chi connectivity index (χ4n) is 2.39. The maximum Gasteiger partial charge on any atom is 0.244 e. The molecule has 0 aliphatic carbocycles. The maximum atomic E-state index is 12.5. The quantitative estimate of drug-likeness (QED) is 0.821. The smallest absolute Gasteiger partial charge is 0.244 e. The number of hydrogen-bond donors (Lipinski definition) is 1. The van der Waals surface area contributed by atoms with Crippen LogP contribution in [0.1, 0.15) is 12.5 Å². The highest BCUT2D eigenvalue weighted by Gasteiger charge is 2.18. The summed E-state index contributed by atoms with van der Waals surface area (Å²) in [6.45, 7) is 1.15. The summed E-state index contributed by atoms with van der Waals surface area (Å²) in [5.74, 6) is -0.00192. The summed E-state index contributed by atoms with van der Waals surface area (Å²) in [4.78, 5) is 25.8. The number of benzene rings is 2. The first kappa shape index (κ1) is 20.1. The van der Waals surface area contributed by atoms with Gasteiger partial charge in [0.15, 0.2) is 0 Å². The molecule has 0 atom stereocenters. The lowest BCUT2D eigenvalue weighted by molar-refractivity contribution is -0.120. The van der Waals surface area contributed by atoms with Crippen LogP contribution < -0.4 is 19.7 Å². The third-order valence-corrected chi connectivity index (χ3v) is 4.03. The van der Waals surface area contributed by atoms with Crippen molar-refractivity contribution in [1.29, 1.82) is 5.26 Å². The molecule has 0 heterocycles. The van der Waals surface area contributed by atoms with E-state index in [1.807, 2.05) is 6.07 Å². The number of halogens is 1.